The molecule has 29 heavy (non-hydrogen) atoms. The molecule has 2 unspecified atom stereocenters. The van der Waals surface area contributed by atoms with Crippen LogP contribution in [0.5, 0.6) is 0 Å². The van der Waals surface area contributed by atoms with Crippen molar-refractivity contribution >= 4 is 41.5 Å². The van der Waals surface area contributed by atoms with Gasteiger partial charge in [-0.1, -0.05) is 26.8 Å². The van der Waals surface area contributed by atoms with Crippen molar-refractivity contribution in [2.75, 3.05) is 31.6 Å². The smallest absolute Gasteiger partial charge is 0.246 e. The molecule has 1 fully saturated rings. The Kier molecular flexibility index (Phi) is 10.9. The van der Waals surface area contributed by atoms with E-state index in [0.717, 1.165) is 26.0 Å². The molecule has 0 saturated carbocycles. The van der Waals surface area contributed by atoms with Gasteiger partial charge in [0, 0.05) is 31.3 Å². The summed E-state index contributed by atoms with van der Waals surface area (Å²) in [5.74, 6) is 0.296. The third-order valence-electron chi connectivity index (χ3n) is 4.66. The highest BCUT2D eigenvalue weighted by molar-refractivity contribution is 14.0. The van der Waals surface area contributed by atoms with Crippen LogP contribution in [0.15, 0.2) is 29.3 Å². The number of nitrogens with zero attached hydrogens (tertiary/aromatic N) is 1. The van der Waals surface area contributed by atoms with Crippen LogP contribution >= 0.6 is 24.0 Å². The van der Waals surface area contributed by atoms with Crippen LogP contribution in [0.4, 0.5) is 10.1 Å². The van der Waals surface area contributed by atoms with Gasteiger partial charge >= 0.3 is 0 Å². The molecular formula is C21H34FIN4O2. The van der Waals surface area contributed by atoms with Crippen LogP contribution < -0.4 is 16.0 Å². The Bertz CT molecular complexity index is 679. The van der Waals surface area contributed by atoms with E-state index in [4.69, 9.17) is 4.74 Å². The number of ether oxygens (including phenoxy) is 1. The summed E-state index contributed by atoms with van der Waals surface area (Å²) < 4.78 is 19.2. The molecule has 1 aromatic carbocycles. The van der Waals surface area contributed by atoms with Crippen LogP contribution in [-0.2, 0) is 9.53 Å². The maximum absolute atomic E-state index is 13.2. The first-order valence-corrected chi connectivity index (χ1v) is 9.98. The Morgan fingerprint density at radius 3 is 2.72 bits per heavy atom. The highest BCUT2D eigenvalue weighted by atomic mass is 127. The van der Waals surface area contributed by atoms with Crippen LogP contribution in [-0.4, -0.2) is 44.2 Å². The maximum atomic E-state index is 13.2. The summed E-state index contributed by atoms with van der Waals surface area (Å²) >= 11 is 0. The van der Waals surface area contributed by atoms with Crippen molar-refractivity contribution in [1.82, 2.24) is 10.6 Å². The summed E-state index contributed by atoms with van der Waals surface area (Å²) in [7, 11) is 0. The summed E-state index contributed by atoms with van der Waals surface area (Å²) in [5.41, 5.74) is 0.498. The van der Waals surface area contributed by atoms with Gasteiger partial charge in [0.15, 0.2) is 5.96 Å². The van der Waals surface area contributed by atoms with E-state index in [2.05, 4.69) is 41.7 Å². The van der Waals surface area contributed by atoms with E-state index in [0.29, 0.717) is 24.1 Å². The number of guanidine groups is 1. The number of rotatable bonds is 6. The first-order chi connectivity index (χ1) is 13.3. The van der Waals surface area contributed by atoms with Crippen LogP contribution in [0.3, 0.4) is 0 Å². The topological polar surface area (TPSA) is 74.8 Å². The molecule has 2 rings (SSSR count). The largest absolute Gasteiger partial charge is 0.377 e. The van der Waals surface area contributed by atoms with Gasteiger partial charge in [-0.25, -0.2) is 9.38 Å². The number of hydrogen-bond donors (Lipinski definition) is 3. The molecule has 6 nitrogen and oxygen atoms in total. The maximum Gasteiger partial charge on any atom is 0.246 e. The monoisotopic (exact) mass is 520 g/mol. The fourth-order valence-corrected chi connectivity index (χ4v) is 3.50. The lowest BCUT2D eigenvalue weighted by Crippen LogP contribution is -2.47. The van der Waals surface area contributed by atoms with Gasteiger partial charge in [0.1, 0.15) is 12.4 Å². The number of nitrogens with one attached hydrogen (secondary N) is 3. The van der Waals surface area contributed by atoms with Crippen LogP contribution in [0.2, 0.25) is 0 Å². The van der Waals surface area contributed by atoms with Crippen LogP contribution in [0.1, 0.15) is 40.5 Å². The molecule has 0 bridgehead atoms. The van der Waals surface area contributed by atoms with Crippen molar-refractivity contribution in [1.29, 1.82) is 0 Å². The normalized spacial score (nSPS) is 19.8. The van der Waals surface area contributed by atoms with E-state index in [1.54, 1.807) is 12.1 Å². The van der Waals surface area contributed by atoms with E-state index >= 15 is 0 Å². The molecule has 164 valence electrons. The fourth-order valence-electron chi connectivity index (χ4n) is 3.50. The molecule has 1 amide bonds. The zero-order chi connectivity index (χ0) is 20.6. The van der Waals surface area contributed by atoms with Gasteiger partial charge in [0.05, 0.1) is 6.10 Å². The second-order valence-electron chi connectivity index (χ2n) is 8.19. The van der Waals surface area contributed by atoms with Gasteiger partial charge in [-0.3, -0.25) is 4.79 Å². The summed E-state index contributed by atoms with van der Waals surface area (Å²) in [5, 5.41) is 9.15. The number of halogens is 2. The van der Waals surface area contributed by atoms with E-state index in [1.165, 1.54) is 12.1 Å². The Hall–Kier alpha value is -1.42. The van der Waals surface area contributed by atoms with Crippen molar-refractivity contribution in [3.05, 3.63) is 30.1 Å². The predicted molar refractivity (Wildman–Crippen MR) is 126 cm³/mol. The van der Waals surface area contributed by atoms with E-state index in [1.807, 2.05) is 6.92 Å². The molecule has 0 radical (unpaired) electrons. The lowest BCUT2D eigenvalue weighted by atomic mass is 9.78. The quantitative estimate of drug-likeness (QED) is 0.303. The van der Waals surface area contributed by atoms with Crippen molar-refractivity contribution in [3.63, 3.8) is 0 Å². The molecule has 0 spiro atoms. The standard InChI is InChI=1S/C21H33FN4O2.HI/c1-5-23-20(24-13-15-8-7-11-28-19(15)21(2,3)4)25-14-18(27)26-17-10-6-9-16(22)12-17;/h6,9-10,12,15,19H,5,7-8,11,13-14H2,1-4H3,(H,26,27)(H2,23,24,25);1H. The number of anilines is 1. The lowest BCUT2D eigenvalue weighted by Gasteiger charge is -2.40. The molecule has 1 aliphatic rings. The Morgan fingerprint density at radius 2 is 2.07 bits per heavy atom. The highest BCUT2D eigenvalue weighted by Gasteiger charge is 2.35. The van der Waals surface area contributed by atoms with Crippen molar-refractivity contribution in [3.8, 4) is 0 Å². The fraction of sp³-hybridized carbons (Fsp3) is 0.619. The number of carbonyl (C=O) groups is 1. The number of carbonyl (C=O) groups excluding carboxylic acids is 1. The summed E-state index contributed by atoms with van der Waals surface area (Å²) in [6, 6.07) is 5.81. The zero-order valence-corrected chi connectivity index (χ0v) is 20.1. The first kappa shape index (κ1) is 25.6. The molecule has 1 saturated heterocycles. The van der Waals surface area contributed by atoms with Gasteiger partial charge in [0.2, 0.25) is 5.91 Å². The third-order valence-corrected chi connectivity index (χ3v) is 4.66. The van der Waals surface area contributed by atoms with Crippen LogP contribution in [0.25, 0.3) is 0 Å². The van der Waals surface area contributed by atoms with Crippen molar-refractivity contribution in [2.45, 2.75) is 46.6 Å². The van der Waals surface area contributed by atoms with Gasteiger partial charge in [0.25, 0.3) is 0 Å². The predicted octanol–water partition coefficient (Wildman–Crippen LogP) is 3.78. The van der Waals surface area contributed by atoms with Crippen molar-refractivity contribution < 1.29 is 13.9 Å². The van der Waals surface area contributed by atoms with Gasteiger partial charge in [-0.05, 0) is 43.4 Å². The second-order valence-corrected chi connectivity index (χ2v) is 8.19. The lowest BCUT2D eigenvalue weighted by molar-refractivity contribution is -0.114. The second kappa shape index (κ2) is 12.3. The number of aliphatic imine (C=N–C) groups is 1. The van der Waals surface area contributed by atoms with Gasteiger partial charge in [-0.2, -0.15) is 0 Å². The van der Waals surface area contributed by atoms with Crippen LogP contribution in [0, 0.1) is 17.2 Å². The minimum atomic E-state index is -0.389. The van der Waals surface area contributed by atoms with E-state index in [9.17, 15) is 9.18 Å². The molecule has 2 atom stereocenters. The first-order valence-electron chi connectivity index (χ1n) is 9.98. The Morgan fingerprint density at radius 1 is 1.31 bits per heavy atom. The number of amides is 1. The minimum absolute atomic E-state index is 0. The summed E-state index contributed by atoms with van der Waals surface area (Å²) in [4.78, 5) is 16.5. The summed E-state index contributed by atoms with van der Waals surface area (Å²) in [6.45, 7) is 10.8. The molecule has 1 heterocycles. The SMILES string of the molecule is CCNC(=NCC(=O)Nc1cccc(F)c1)NCC1CCCOC1C(C)(C)C.I. The highest BCUT2D eigenvalue weighted by Crippen LogP contribution is 2.33. The average molecular weight is 520 g/mol. The van der Waals surface area contributed by atoms with Gasteiger partial charge in [-0.15, -0.1) is 24.0 Å². The molecule has 1 aromatic rings. The number of benzene rings is 1. The average Bonchev–Trinajstić information content (AvgIpc) is 2.63. The molecule has 3 N–H and O–H groups in total. The van der Waals surface area contributed by atoms with Crippen molar-refractivity contribution in [2.24, 2.45) is 16.3 Å². The summed E-state index contributed by atoms with van der Waals surface area (Å²) in [6.07, 6.45) is 2.35. The number of hydrogen-bond acceptors (Lipinski definition) is 3. The van der Waals surface area contributed by atoms with Gasteiger partial charge < -0.3 is 20.7 Å². The molecule has 8 heteroatoms. The molecular weight excluding hydrogens is 486 g/mol. The molecule has 1 aliphatic heterocycles. The minimum Gasteiger partial charge on any atom is -0.377 e. The van der Waals surface area contributed by atoms with E-state index in [-0.39, 0.29) is 53.8 Å². The molecule has 0 aromatic heterocycles. The van der Waals surface area contributed by atoms with E-state index < -0.39 is 0 Å². The third kappa shape index (κ3) is 8.86. The Labute approximate surface area is 190 Å². The molecule has 0 aliphatic carbocycles. The Balaban J connectivity index is 0.00000420. The zero-order valence-electron chi connectivity index (χ0n) is 17.8.